The molecule has 0 spiro atoms. The molecule has 0 unspecified atom stereocenters. The number of furan rings is 1. The highest BCUT2D eigenvalue weighted by Crippen LogP contribution is 2.43. The first-order valence-corrected chi connectivity index (χ1v) is 22.1. The quantitative estimate of drug-likeness (QED) is 0.155. The van der Waals surface area contributed by atoms with E-state index in [9.17, 15) is 0 Å². The first-order chi connectivity index (χ1) is 33.2. The minimum absolute atomic E-state index is 0.318. The Morgan fingerprint density at radius 2 is 0.794 bits per heavy atom. The van der Waals surface area contributed by atoms with Gasteiger partial charge in [-0.15, -0.1) is 10.9 Å². The van der Waals surface area contributed by atoms with Crippen LogP contribution in [-0.2, 0) is 0 Å². The van der Waals surface area contributed by atoms with Gasteiger partial charge in [-0.25, -0.2) is 15.0 Å². The van der Waals surface area contributed by atoms with Crippen molar-refractivity contribution < 1.29 is 4.42 Å². The Morgan fingerprint density at radius 3 is 1.28 bits per heavy atom. The average molecular weight is 852 g/mol. The Kier molecular flexibility index (Phi) is 9.98. The molecule has 0 fully saturated rings. The van der Waals surface area contributed by atoms with E-state index in [-0.39, 0.29) is 0 Å². The van der Waals surface area contributed by atoms with Crippen LogP contribution >= 0.6 is 0 Å². The van der Waals surface area contributed by atoms with Gasteiger partial charge in [0.1, 0.15) is 58.2 Å². The summed E-state index contributed by atoms with van der Waals surface area (Å²) in [5.41, 5.74) is 13.8. The fourth-order valence-electron chi connectivity index (χ4n) is 9.48. The lowest BCUT2D eigenvalue weighted by atomic mass is 9.71. The molecule has 0 aliphatic carbocycles. The Hall–Kier alpha value is -8.02. The molecular formula is C57H30B6N4O. The largest absolute Gasteiger partial charge is 0.455 e. The molecule has 0 aliphatic heterocycles. The van der Waals surface area contributed by atoms with Crippen LogP contribution in [0.5, 0.6) is 0 Å². The van der Waals surface area contributed by atoms with Gasteiger partial charge in [0.15, 0.2) is 17.5 Å². The molecule has 68 heavy (non-hydrogen) atoms. The van der Waals surface area contributed by atoms with E-state index in [0.717, 1.165) is 66.5 Å². The van der Waals surface area contributed by atoms with Gasteiger partial charge in [0, 0.05) is 49.7 Å². The van der Waals surface area contributed by atoms with Crippen LogP contribution < -0.4 is 32.8 Å². The Morgan fingerprint density at radius 1 is 0.353 bits per heavy atom. The third kappa shape index (κ3) is 6.92. The Labute approximate surface area is 400 Å². The van der Waals surface area contributed by atoms with Crippen LogP contribution in [0.15, 0.2) is 186 Å². The number of rotatable bonds is 7. The van der Waals surface area contributed by atoms with E-state index in [1.807, 2.05) is 114 Å². The predicted octanol–water partition coefficient (Wildman–Crippen LogP) is 7.63. The van der Waals surface area contributed by atoms with E-state index < -0.39 is 0 Å². The maximum absolute atomic E-state index is 7.08. The molecule has 0 amide bonds. The van der Waals surface area contributed by atoms with Gasteiger partial charge in [-0.1, -0.05) is 161 Å². The van der Waals surface area contributed by atoms with E-state index in [0.29, 0.717) is 83.2 Å². The summed E-state index contributed by atoms with van der Waals surface area (Å²) in [5, 5.41) is 2.84. The van der Waals surface area contributed by atoms with Crippen LogP contribution in [0.2, 0.25) is 0 Å². The van der Waals surface area contributed by atoms with Gasteiger partial charge in [-0.3, -0.25) is 0 Å². The number of hydrogen-bond donors (Lipinski definition) is 0. The molecule has 11 heteroatoms. The second-order valence-electron chi connectivity index (χ2n) is 17.0. The minimum atomic E-state index is 0.318. The number of hydrogen-bond acceptors (Lipinski definition) is 4. The van der Waals surface area contributed by atoms with Crippen molar-refractivity contribution in [2.24, 2.45) is 0 Å². The number of fused-ring (bicyclic) bond motifs is 6. The Balaban J connectivity index is 1.16. The van der Waals surface area contributed by atoms with Gasteiger partial charge >= 0.3 is 0 Å². The zero-order valence-electron chi connectivity index (χ0n) is 36.5. The summed E-state index contributed by atoms with van der Waals surface area (Å²) in [6, 6.07) is 60.8. The molecule has 0 saturated heterocycles. The first kappa shape index (κ1) is 41.4. The topological polar surface area (TPSA) is 56.7 Å². The van der Waals surface area contributed by atoms with Gasteiger partial charge < -0.3 is 8.98 Å². The van der Waals surface area contributed by atoms with Crippen LogP contribution in [-0.4, -0.2) is 66.6 Å². The Bertz CT molecular complexity index is 3790. The fraction of sp³-hybridized carbons (Fsp3) is 0. The molecule has 3 aromatic heterocycles. The van der Waals surface area contributed by atoms with Crippen molar-refractivity contribution >= 4 is 124 Å². The van der Waals surface area contributed by atoms with Crippen LogP contribution in [0.25, 0.3) is 117 Å². The van der Waals surface area contributed by atoms with Crippen molar-refractivity contribution in [3.63, 3.8) is 0 Å². The van der Waals surface area contributed by atoms with Crippen molar-refractivity contribution in [3.05, 3.63) is 182 Å². The van der Waals surface area contributed by atoms with E-state index in [1.54, 1.807) is 12.1 Å². The van der Waals surface area contributed by atoms with Crippen molar-refractivity contribution in [2.45, 2.75) is 0 Å². The molecule has 12 aromatic rings. The molecular weight excluding hydrogens is 822 g/mol. The fourth-order valence-corrected chi connectivity index (χ4v) is 9.48. The van der Waals surface area contributed by atoms with Gasteiger partial charge in [-0.05, 0) is 81.1 Å². The van der Waals surface area contributed by atoms with Gasteiger partial charge in [-0.2, -0.15) is 0 Å². The van der Waals surface area contributed by atoms with Crippen LogP contribution in [0.1, 0.15) is 0 Å². The second kappa shape index (κ2) is 16.4. The number of aromatic nitrogens is 4. The molecule has 0 atom stereocenters. The molecule has 12 radical (unpaired) electrons. The molecule has 5 nitrogen and oxygen atoms in total. The van der Waals surface area contributed by atoms with E-state index in [2.05, 4.69) is 60.7 Å². The second-order valence-corrected chi connectivity index (χ2v) is 17.0. The SMILES string of the molecule is [B]c1cc([B])c2c(c1[B])c1c([B])c([B])cc([B])c1n2-c1cc(-c2cc(-c3ccccc3)cc(-c3ccccc3)c2)c2oc3cc(-c4nc(-c5ccccc5)nc(-c5ccccc5)n4)ccc3c2c1. The minimum Gasteiger partial charge on any atom is -0.455 e. The van der Waals surface area contributed by atoms with Crippen LogP contribution in [0.3, 0.4) is 0 Å². The van der Waals surface area contributed by atoms with E-state index in [1.165, 1.54) is 0 Å². The lowest BCUT2D eigenvalue weighted by Gasteiger charge is -2.16. The molecule has 0 aliphatic rings. The summed E-state index contributed by atoms with van der Waals surface area (Å²) >= 11 is 0. The maximum Gasteiger partial charge on any atom is 0.164 e. The van der Waals surface area contributed by atoms with Crippen molar-refractivity contribution in [1.29, 1.82) is 0 Å². The van der Waals surface area contributed by atoms with E-state index in [4.69, 9.17) is 66.4 Å². The standard InChI is InChI=1S/C57H30B6N4O/c58-43-29-45(60)52-48(50(43)62)49-51(63)44(59)30-46(61)53(49)67(52)39-27-41(38-24-36(31-13-5-1-6-14-31)23-37(25-38)32-15-7-2-8-16-32)54-42(28-39)40-22-21-35(26-47(40)68-54)57-65-55(33-17-9-3-10-18-33)64-56(66-57)34-19-11-4-12-20-34/h1-30H. The summed E-state index contributed by atoms with van der Waals surface area (Å²) in [6.07, 6.45) is 0. The average Bonchev–Trinajstić information content (AvgIpc) is 3.95. The summed E-state index contributed by atoms with van der Waals surface area (Å²) in [4.78, 5) is 15.0. The molecule has 9 aromatic carbocycles. The van der Waals surface area contributed by atoms with Gasteiger partial charge in [0.2, 0.25) is 0 Å². The van der Waals surface area contributed by atoms with Gasteiger partial charge in [0.05, 0.1) is 0 Å². The molecule has 3 heterocycles. The van der Waals surface area contributed by atoms with Crippen molar-refractivity contribution in [1.82, 2.24) is 19.5 Å². The lowest BCUT2D eigenvalue weighted by Crippen LogP contribution is -2.33. The van der Waals surface area contributed by atoms with E-state index >= 15 is 0 Å². The highest BCUT2D eigenvalue weighted by molar-refractivity contribution is 6.62. The first-order valence-electron chi connectivity index (χ1n) is 22.1. The van der Waals surface area contributed by atoms with Crippen molar-refractivity contribution in [2.75, 3.05) is 0 Å². The van der Waals surface area contributed by atoms with Gasteiger partial charge in [0.25, 0.3) is 0 Å². The predicted molar refractivity (Wildman–Crippen MR) is 286 cm³/mol. The third-order valence-corrected chi connectivity index (χ3v) is 12.7. The lowest BCUT2D eigenvalue weighted by molar-refractivity contribution is 0.670. The highest BCUT2D eigenvalue weighted by Gasteiger charge is 2.24. The molecule has 0 N–H and O–H groups in total. The molecule has 0 bridgehead atoms. The van der Waals surface area contributed by atoms with Crippen molar-refractivity contribution in [3.8, 4) is 73.2 Å². The summed E-state index contributed by atoms with van der Waals surface area (Å²) in [5.74, 6) is 1.63. The zero-order valence-corrected chi connectivity index (χ0v) is 36.5. The summed E-state index contributed by atoms with van der Waals surface area (Å²) < 4.78 is 9.09. The molecule has 12 rings (SSSR count). The third-order valence-electron chi connectivity index (χ3n) is 12.7. The molecule has 0 saturated carbocycles. The van der Waals surface area contributed by atoms with Crippen LogP contribution in [0, 0.1) is 0 Å². The zero-order chi connectivity index (χ0) is 46.2. The maximum atomic E-state index is 7.08. The number of nitrogens with zero attached hydrogens (tertiary/aromatic N) is 4. The molecule has 302 valence electrons. The highest BCUT2D eigenvalue weighted by atomic mass is 16.3. The normalized spacial score (nSPS) is 11.6. The number of benzene rings is 9. The summed E-state index contributed by atoms with van der Waals surface area (Å²) in [6.45, 7) is 0. The smallest absolute Gasteiger partial charge is 0.164 e. The summed E-state index contributed by atoms with van der Waals surface area (Å²) in [7, 11) is 40.5. The monoisotopic (exact) mass is 852 g/mol. The van der Waals surface area contributed by atoms with Crippen LogP contribution in [0.4, 0.5) is 0 Å².